The molecule has 0 aliphatic heterocycles. The minimum absolute atomic E-state index is 0.0852. The lowest BCUT2D eigenvalue weighted by Crippen LogP contribution is -2.31. The van der Waals surface area contributed by atoms with E-state index in [2.05, 4.69) is 4.98 Å². The topological polar surface area (TPSA) is 29.3 Å². The van der Waals surface area contributed by atoms with Crippen molar-refractivity contribution in [3.05, 3.63) is 12.0 Å². The van der Waals surface area contributed by atoms with Gasteiger partial charge in [0.25, 0.3) is 6.01 Å². The lowest BCUT2D eigenvalue weighted by atomic mass is 10.5. The molecule has 1 heterocycles. The third kappa shape index (κ3) is 3.10. The van der Waals surface area contributed by atoms with Gasteiger partial charge in [0.2, 0.25) is 0 Å². The fraction of sp³-hybridized carbons (Fsp3) is 0.571. The van der Waals surface area contributed by atoms with E-state index in [-0.39, 0.29) is 11.9 Å². The highest BCUT2D eigenvalue weighted by molar-refractivity contribution is 6.16. The second kappa shape index (κ2) is 4.08. The maximum atomic E-state index is 11.9. The second-order valence-corrected chi connectivity index (χ2v) is 2.99. The molecular weight excluding hydrogens is 221 g/mol. The molecule has 0 atom stereocenters. The molecule has 0 saturated heterocycles. The first-order chi connectivity index (χ1) is 6.42. The quantitative estimate of drug-likeness (QED) is 0.744. The molecule has 0 aliphatic rings. The van der Waals surface area contributed by atoms with Crippen LogP contribution in [0, 0.1) is 0 Å². The molecular formula is C7H8ClF3N2O. The number of oxazole rings is 1. The van der Waals surface area contributed by atoms with Crippen LogP contribution >= 0.6 is 11.6 Å². The van der Waals surface area contributed by atoms with Gasteiger partial charge in [-0.1, -0.05) is 0 Å². The van der Waals surface area contributed by atoms with E-state index in [1.165, 1.54) is 13.3 Å². The van der Waals surface area contributed by atoms with Gasteiger partial charge in [0, 0.05) is 7.05 Å². The van der Waals surface area contributed by atoms with Crippen LogP contribution in [0.5, 0.6) is 0 Å². The third-order valence-corrected chi connectivity index (χ3v) is 1.69. The molecule has 0 saturated carbocycles. The predicted molar refractivity (Wildman–Crippen MR) is 45.4 cm³/mol. The van der Waals surface area contributed by atoms with Crippen LogP contribution in [0.2, 0.25) is 0 Å². The molecule has 0 fully saturated rings. The molecule has 0 amide bonds. The van der Waals surface area contributed by atoms with E-state index in [9.17, 15) is 13.2 Å². The molecule has 1 aromatic rings. The summed E-state index contributed by atoms with van der Waals surface area (Å²) >= 11 is 5.41. The number of hydrogen-bond acceptors (Lipinski definition) is 3. The molecule has 1 aromatic heterocycles. The Morgan fingerprint density at radius 3 is 2.64 bits per heavy atom. The van der Waals surface area contributed by atoms with Crippen LogP contribution < -0.4 is 4.90 Å². The minimum Gasteiger partial charge on any atom is -0.432 e. The van der Waals surface area contributed by atoms with Crippen molar-refractivity contribution in [2.45, 2.75) is 12.1 Å². The molecule has 0 aromatic carbocycles. The Morgan fingerprint density at radius 2 is 2.21 bits per heavy atom. The second-order valence-electron chi connectivity index (χ2n) is 2.73. The summed E-state index contributed by atoms with van der Waals surface area (Å²) in [5.41, 5.74) is 0.413. The monoisotopic (exact) mass is 228 g/mol. The van der Waals surface area contributed by atoms with Gasteiger partial charge in [0.15, 0.2) is 0 Å². The predicted octanol–water partition coefficient (Wildman–Crippen LogP) is 2.41. The largest absolute Gasteiger partial charge is 0.432 e. The van der Waals surface area contributed by atoms with E-state index in [0.717, 1.165) is 4.90 Å². The van der Waals surface area contributed by atoms with E-state index in [0.29, 0.717) is 5.69 Å². The highest BCUT2D eigenvalue weighted by Gasteiger charge is 2.30. The van der Waals surface area contributed by atoms with Crippen LogP contribution in [0.25, 0.3) is 0 Å². The minimum atomic E-state index is -4.27. The van der Waals surface area contributed by atoms with E-state index in [4.69, 9.17) is 16.0 Å². The number of rotatable bonds is 3. The summed E-state index contributed by atoms with van der Waals surface area (Å²) in [6, 6.07) is -0.0852. The first kappa shape index (κ1) is 11.2. The molecule has 0 radical (unpaired) electrons. The smallest absolute Gasteiger partial charge is 0.406 e. The van der Waals surface area contributed by atoms with Gasteiger partial charge in [0.1, 0.15) is 12.8 Å². The third-order valence-electron chi connectivity index (χ3n) is 1.42. The number of anilines is 1. The lowest BCUT2D eigenvalue weighted by Gasteiger charge is -2.15. The van der Waals surface area contributed by atoms with Crippen molar-refractivity contribution in [1.82, 2.24) is 4.98 Å². The Labute approximate surface area is 83.5 Å². The number of halogens is 4. The molecule has 0 unspecified atom stereocenters. The van der Waals surface area contributed by atoms with E-state index >= 15 is 0 Å². The van der Waals surface area contributed by atoms with Gasteiger partial charge in [-0.05, 0) is 0 Å². The summed E-state index contributed by atoms with van der Waals surface area (Å²) in [6.07, 6.45) is -3.04. The molecule has 7 heteroatoms. The van der Waals surface area contributed by atoms with Gasteiger partial charge in [-0.3, -0.25) is 0 Å². The van der Waals surface area contributed by atoms with Gasteiger partial charge < -0.3 is 9.32 Å². The maximum absolute atomic E-state index is 11.9. The zero-order valence-electron chi connectivity index (χ0n) is 7.31. The Balaban J connectivity index is 2.65. The maximum Gasteiger partial charge on any atom is 0.406 e. The number of alkyl halides is 4. The van der Waals surface area contributed by atoms with Crippen molar-refractivity contribution in [2.24, 2.45) is 0 Å². The van der Waals surface area contributed by atoms with Crippen molar-refractivity contribution in [3.8, 4) is 0 Å². The Kier molecular flexibility index (Phi) is 3.25. The van der Waals surface area contributed by atoms with E-state index < -0.39 is 12.7 Å². The molecule has 0 N–H and O–H groups in total. The number of hydrogen-bond donors (Lipinski definition) is 0. The standard InChI is InChI=1S/C7H8ClF3N2O/c1-13(4-7(9,10)11)6-12-5(2-8)3-14-6/h3H,2,4H2,1H3. The van der Waals surface area contributed by atoms with Crippen molar-refractivity contribution in [1.29, 1.82) is 0 Å². The summed E-state index contributed by atoms with van der Waals surface area (Å²) in [5.74, 6) is 0.114. The Morgan fingerprint density at radius 1 is 1.57 bits per heavy atom. The van der Waals surface area contributed by atoms with Crippen LogP contribution in [0.15, 0.2) is 10.7 Å². The van der Waals surface area contributed by atoms with Crippen LogP contribution in [-0.4, -0.2) is 24.8 Å². The first-order valence-electron chi connectivity index (χ1n) is 3.70. The average Bonchev–Trinajstić information content (AvgIpc) is 2.48. The van der Waals surface area contributed by atoms with Gasteiger partial charge in [-0.2, -0.15) is 18.2 Å². The number of nitrogens with zero attached hydrogens (tertiary/aromatic N) is 2. The molecule has 14 heavy (non-hydrogen) atoms. The first-order valence-corrected chi connectivity index (χ1v) is 4.24. The van der Waals surface area contributed by atoms with Crippen LogP contribution in [-0.2, 0) is 5.88 Å². The van der Waals surface area contributed by atoms with Crippen molar-refractivity contribution >= 4 is 17.6 Å². The summed E-state index contributed by atoms with van der Waals surface area (Å²) in [6.45, 7) is -1.10. The molecule has 80 valence electrons. The van der Waals surface area contributed by atoms with E-state index in [1.807, 2.05) is 0 Å². The van der Waals surface area contributed by atoms with Crippen molar-refractivity contribution in [2.75, 3.05) is 18.5 Å². The normalized spacial score (nSPS) is 11.8. The van der Waals surface area contributed by atoms with Crippen molar-refractivity contribution < 1.29 is 17.6 Å². The summed E-state index contributed by atoms with van der Waals surface area (Å²) in [5, 5.41) is 0. The fourth-order valence-corrected chi connectivity index (χ4v) is 0.992. The van der Waals surface area contributed by atoms with Gasteiger partial charge in [0.05, 0.1) is 11.6 Å². The zero-order chi connectivity index (χ0) is 10.8. The van der Waals surface area contributed by atoms with Crippen molar-refractivity contribution in [3.63, 3.8) is 0 Å². The fourth-order valence-electron chi connectivity index (χ4n) is 0.870. The number of aromatic nitrogens is 1. The van der Waals surface area contributed by atoms with Crippen LogP contribution in [0.1, 0.15) is 5.69 Å². The summed E-state index contributed by atoms with van der Waals surface area (Å²) in [7, 11) is 1.25. The van der Waals surface area contributed by atoms with Gasteiger partial charge in [-0.15, -0.1) is 11.6 Å². The van der Waals surface area contributed by atoms with Crippen LogP contribution in [0.4, 0.5) is 19.2 Å². The summed E-state index contributed by atoms with van der Waals surface area (Å²) < 4.78 is 40.6. The zero-order valence-corrected chi connectivity index (χ0v) is 8.06. The van der Waals surface area contributed by atoms with Crippen LogP contribution in [0.3, 0.4) is 0 Å². The van der Waals surface area contributed by atoms with E-state index in [1.54, 1.807) is 0 Å². The average molecular weight is 229 g/mol. The highest BCUT2D eigenvalue weighted by Crippen LogP contribution is 2.20. The molecule has 0 bridgehead atoms. The molecule has 3 nitrogen and oxygen atoms in total. The lowest BCUT2D eigenvalue weighted by molar-refractivity contribution is -0.119. The SMILES string of the molecule is CN(CC(F)(F)F)c1nc(CCl)co1. The highest BCUT2D eigenvalue weighted by atomic mass is 35.5. The van der Waals surface area contributed by atoms with Gasteiger partial charge in [-0.25, -0.2) is 0 Å². The molecule has 0 aliphatic carbocycles. The Bertz CT molecular complexity index is 299. The van der Waals surface area contributed by atoms with Gasteiger partial charge >= 0.3 is 6.18 Å². The summed E-state index contributed by atoms with van der Waals surface area (Å²) in [4.78, 5) is 4.61. The molecule has 1 rings (SSSR count). The molecule has 0 spiro atoms. The Hall–Kier alpha value is -0.910.